The van der Waals surface area contributed by atoms with E-state index in [1.54, 1.807) is 10.5 Å². The molecular formula is C20H32ClN3O3S2. The zero-order chi connectivity index (χ0) is 20.9. The molecule has 164 valence electrons. The molecule has 0 radical (unpaired) electrons. The predicted octanol–water partition coefficient (Wildman–Crippen LogP) is 4.77. The van der Waals surface area contributed by atoms with Gasteiger partial charge in [-0.05, 0) is 43.4 Å². The third-order valence-corrected chi connectivity index (χ3v) is 9.50. The first kappa shape index (κ1) is 23.0. The van der Waals surface area contributed by atoms with Crippen LogP contribution in [-0.4, -0.2) is 42.5 Å². The maximum absolute atomic E-state index is 12.4. The Labute approximate surface area is 183 Å². The minimum Gasteiger partial charge on any atom is -0.302 e. The molecule has 1 aromatic rings. The Morgan fingerprint density at radius 1 is 1.28 bits per heavy atom. The number of carbonyl (C=O) groups excluding carboxylic acids is 1. The number of nitrogens with one attached hydrogen (secondary N) is 1. The number of rotatable bonds is 9. The fourth-order valence-corrected chi connectivity index (χ4v) is 7.37. The molecule has 2 aliphatic rings. The molecule has 1 unspecified atom stereocenters. The van der Waals surface area contributed by atoms with Crippen LogP contribution in [0.1, 0.15) is 64.7 Å². The van der Waals surface area contributed by atoms with Crippen molar-refractivity contribution in [3.8, 4) is 0 Å². The molecule has 1 atom stereocenters. The van der Waals surface area contributed by atoms with Gasteiger partial charge in [-0.25, -0.2) is 17.7 Å². The SMILES string of the molecule is CCCS(=O)(=O)N1CCC(C(CCC(=O)Nc2ncc(Cl)s2)C2CCCC2)CC1. The van der Waals surface area contributed by atoms with Gasteiger partial charge in [-0.15, -0.1) is 0 Å². The summed E-state index contributed by atoms with van der Waals surface area (Å²) in [5.74, 6) is 1.90. The van der Waals surface area contributed by atoms with Crippen molar-refractivity contribution in [3.05, 3.63) is 10.5 Å². The van der Waals surface area contributed by atoms with Gasteiger partial charge in [-0.3, -0.25) is 4.79 Å². The van der Waals surface area contributed by atoms with E-state index < -0.39 is 10.0 Å². The maximum atomic E-state index is 12.4. The van der Waals surface area contributed by atoms with Crippen molar-refractivity contribution in [1.29, 1.82) is 0 Å². The van der Waals surface area contributed by atoms with E-state index in [0.717, 1.165) is 19.3 Å². The molecule has 1 saturated carbocycles. The lowest BCUT2D eigenvalue weighted by atomic mass is 9.74. The minimum absolute atomic E-state index is 0.0121. The monoisotopic (exact) mass is 461 g/mol. The molecule has 0 bridgehead atoms. The number of nitrogens with zero attached hydrogens (tertiary/aromatic N) is 2. The summed E-state index contributed by atoms with van der Waals surface area (Å²) in [6.45, 7) is 3.16. The summed E-state index contributed by atoms with van der Waals surface area (Å²) in [5, 5.41) is 3.40. The van der Waals surface area contributed by atoms with Crippen LogP contribution >= 0.6 is 22.9 Å². The second kappa shape index (κ2) is 10.6. The quantitative estimate of drug-likeness (QED) is 0.574. The number of thiazole rings is 1. The lowest BCUT2D eigenvalue weighted by molar-refractivity contribution is -0.116. The smallest absolute Gasteiger partial charge is 0.226 e. The molecule has 0 aromatic carbocycles. The number of aromatic nitrogens is 1. The maximum Gasteiger partial charge on any atom is 0.226 e. The molecule has 1 aromatic heterocycles. The minimum atomic E-state index is -3.11. The van der Waals surface area contributed by atoms with Crippen molar-refractivity contribution < 1.29 is 13.2 Å². The van der Waals surface area contributed by atoms with Gasteiger partial charge in [0.15, 0.2) is 5.13 Å². The molecule has 3 rings (SSSR count). The van der Waals surface area contributed by atoms with E-state index in [2.05, 4.69) is 10.3 Å². The van der Waals surface area contributed by atoms with Crippen LogP contribution in [0.5, 0.6) is 0 Å². The summed E-state index contributed by atoms with van der Waals surface area (Å²) in [5.41, 5.74) is 0. The Balaban J connectivity index is 1.56. The van der Waals surface area contributed by atoms with Crippen LogP contribution in [0.4, 0.5) is 5.13 Å². The van der Waals surface area contributed by atoms with Crippen molar-refractivity contribution in [1.82, 2.24) is 9.29 Å². The molecular weight excluding hydrogens is 430 g/mol. The zero-order valence-electron chi connectivity index (χ0n) is 17.1. The summed E-state index contributed by atoms with van der Waals surface area (Å²) >= 11 is 7.15. The standard InChI is InChI=1S/C20H32ClN3O3S2/c1-2-13-29(26,27)24-11-9-16(10-12-24)17(15-5-3-4-6-15)7-8-19(25)23-20-22-14-18(21)28-20/h14-17H,2-13H2,1H3,(H,22,23,25). The fourth-order valence-electron chi connectivity index (χ4n) is 5.00. The number of carbonyl (C=O) groups is 1. The van der Waals surface area contributed by atoms with Crippen LogP contribution in [0.15, 0.2) is 6.20 Å². The predicted molar refractivity (Wildman–Crippen MR) is 119 cm³/mol. The van der Waals surface area contributed by atoms with Gasteiger partial charge in [0.1, 0.15) is 4.34 Å². The average molecular weight is 462 g/mol. The van der Waals surface area contributed by atoms with Crippen molar-refractivity contribution in [2.24, 2.45) is 17.8 Å². The van der Waals surface area contributed by atoms with E-state index in [-0.39, 0.29) is 11.7 Å². The van der Waals surface area contributed by atoms with Crippen LogP contribution < -0.4 is 5.32 Å². The Morgan fingerprint density at radius 2 is 1.93 bits per heavy atom. The van der Waals surface area contributed by atoms with E-state index in [0.29, 0.717) is 53.2 Å². The van der Waals surface area contributed by atoms with Crippen molar-refractivity contribution in [3.63, 3.8) is 0 Å². The molecule has 1 aliphatic heterocycles. The van der Waals surface area contributed by atoms with Crippen LogP contribution in [0.25, 0.3) is 0 Å². The first-order valence-electron chi connectivity index (χ1n) is 10.8. The highest BCUT2D eigenvalue weighted by molar-refractivity contribution is 7.89. The molecule has 1 aliphatic carbocycles. The second-order valence-electron chi connectivity index (χ2n) is 8.32. The second-order valence-corrected chi connectivity index (χ2v) is 12.1. The zero-order valence-corrected chi connectivity index (χ0v) is 19.5. The molecule has 2 heterocycles. The largest absolute Gasteiger partial charge is 0.302 e. The topological polar surface area (TPSA) is 79.4 Å². The van der Waals surface area contributed by atoms with E-state index in [1.165, 1.54) is 37.0 Å². The highest BCUT2D eigenvalue weighted by Gasteiger charge is 2.35. The van der Waals surface area contributed by atoms with Gasteiger partial charge in [0.2, 0.25) is 15.9 Å². The van der Waals surface area contributed by atoms with Crippen molar-refractivity contribution in [2.75, 3.05) is 24.2 Å². The fraction of sp³-hybridized carbons (Fsp3) is 0.800. The molecule has 29 heavy (non-hydrogen) atoms. The molecule has 9 heteroatoms. The van der Waals surface area contributed by atoms with E-state index in [1.807, 2.05) is 6.92 Å². The number of halogens is 1. The normalized spacial score (nSPS) is 20.8. The van der Waals surface area contributed by atoms with Gasteiger partial charge in [-0.1, -0.05) is 55.5 Å². The Hall–Kier alpha value is -0.700. The van der Waals surface area contributed by atoms with Gasteiger partial charge in [0, 0.05) is 19.5 Å². The highest BCUT2D eigenvalue weighted by atomic mass is 35.5. The van der Waals surface area contributed by atoms with Crippen molar-refractivity contribution >= 4 is 44.0 Å². The van der Waals surface area contributed by atoms with Crippen LogP contribution in [0.2, 0.25) is 4.34 Å². The summed E-state index contributed by atoms with van der Waals surface area (Å²) in [6, 6.07) is 0. The van der Waals surface area contributed by atoms with Crippen molar-refractivity contribution in [2.45, 2.75) is 64.7 Å². The first-order chi connectivity index (χ1) is 13.9. The Morgan fingerprint density at radius 3 is 2.52 bits per heavy atom. The molecule has 1 N–H and O–H groups in total. The Bertz CT molecular complexity index is 770. The van der Waals surface area contributed by atoms with Gasteiger partial charge in [0.25, 0.3) is 0 Å². The molecule has 0 spiro atoms. The summed E-state index contributed by atoms with van der Waals surface area (Å²) in [7, 11) is -3.11. The number of sulfonamides is 1. The van der Waals surface area contributed by atoms with Crippen LogP contribution in [0, 0.1) is 17.8 Å². The lowest BCUT2D eigenvalue weighted by Crippen LogP contribution is -2.42. The Kier molecular flexibility index (Phi) is 8.36. The van der Waals surface area contributed by atoms with Gasteiger partial charge in [0.05, 0.1) is 11.9 Å². The van der Waals surface area contributed by atoms with Crippen LogP contribution in [-0.2, 0) is 14.8 Å². The van der Waals surface area contributed by atoms with E-state index >= 15 is 0 Å². The van der Waals surface area contributed by atoms with E-state index in [4.69, 9.17) is 11.6 Å². The summed E-state index contributed by atoms with van der Waals surface area (Å²) in [6.07, 6.45) is 10.4. The number of hydrogen-bond acceptors (Lipinski definition) is 5. The number of hydrogen-bond donors (Lipinski definition) is 1. The third kappa shape index (κ3) is 6.39. The first-order valence-corrected chi connectivity index (χ1v) is 13.6. The van der Waals surface area contributed by atoms with Gasteiger partial charge >= 0.3 is 0 Å². The lowest BCUT2D eigenvalue weighted by Gasteiger charge is -2.38. The molecule has 6 nitrogen and oxygen atoms in total. The number of anilines is 1. The number of piperidine rings is 1. The number of amides is 1. The third-order valence-electron chi connectivity index (χ3n) is 6.39. The highest BCUT2D eigenvalue weighted by Crippen LogP contribution is 2.41. The van der Waals surface area contributed by atoms with Gasteiger partial charge < -0.3 is 5.32 Å². The van der Waals surface area contributed by atoms with E-state index in [9.17, 15) is 13.2 Å². The van der Waals surface area contributed by atoms with Gasteiger partial charge in [-0.2, -0.15) is 0 Å². The molecule has 2 fully saturated rings. The van der Waals surface area contributed by atoms with Crippen LogP contribution in [0.3, 0.4) is 0 Å². The average Bonchev–Trinajstić information content (AvgIpc) is 3.34. The molecule has 1 amide bonds. The summed E-state index contributed by atoms with van der Waals surface area (Å²) in [4.78, 5) is 16.5. The molecule has 1 saturated heterocycles. The summed E-state index contributed by atoms with van der Waals surface area (Å²) < 4.78 is 27.0.